The number of thiophene rings is 1. The van der Waals surface area contributed by atoms with E-state index in [1.165, 1.54) is 18.4 Å². The quantitative estimate of drug-likeness (QED) is 0.811. The average molecular weight is 210 g/mol. The van der Waals surface area contributed by atoms with E-state index in [1.807, 2.05) is 0 Å². The molecule has 2 heterocycles. The highest BCUT2D eigenvalue weighted by Crippen LogP contribution is 2.22. The Labute approximate surface area is 83.0 Å². The maximum atomic E-state index is 10.8. The van der Waals surface area contributed by atoms with E-state index in [0.717, 1.165) is 0 Å². The van der Waals surface area contributed by atoms with Gasteiger partial charge >= 0.3 is 5.97 Å². The Hall–Kier alpha value is -1.69. The summed E-state index contributed by atoms with van der Waals surface area (Å²) in [5, 5.41) is 10.6. The summed E-state index contributed by atoms with van der Waals surface area (Å²) in [4.78, 5) is 19.4. The number of hydrogen-bond acceptors (Lipinski definition) is 5. The predicted octanol–water partition coefficient (Wildman–Crippen LogP) is 1.40. The molecule has 0 aliphatic carbocycles. The lowest BCUT2D eigenvalue weighted by Gasteiger charge is -2.01. The minimum Gasteiger partial charge on any atom is -0.479 e. The molecule has 0 fully saturated rings. The molecule has 14 heavy (non-hydrogen) atoms. The summed E-state index contributed by atoms with van der Waals surface area (Å²) in [5.74, 6) is -1.09. The van der Waals surface area contributed by atoms with Crippen LogP contribution in [0.4, 0.5) is 0 Å². The van der Waals surface area contributed by atoms with Gasteiger partial charge < -0.3 is 9.84 Å². The van der Waals surface area contributed by atoms with Crippen molar-refractivity contribution in [1.82, 2.24) is 9.97 Å². The van der Waals surface area contributed by atoms with Crippen molar-refractivity contribution in [1.29, 1.82) is 0 Å². The fourth-order valence-corrected chi connectivity index (χ4v) is 1.75. The molecule has 0 radical (unpaired) electrons. The second-order valence-electron chi connectivity index (χ2n) is 2.50. The normalized spacial score (nSPS) is 10.4. The summed E-state index contributed by atoms with van der Waals surface area (Å²) in [5.41, 5.74) is 0.423. The number of rotatable bonds is 2. The molecule has 0 bridgehead atoms. The molecule has 0 atom stereocenters. The van der Waals surface area contributed by atoms with E-state index in [-0.39, 0.29) is 11.6 Å². The van der Waals surface area contributed by atoms with Gasteiger partial charge in [0.25, 0.3) is 0 Å². The van der Waals surface area contributed by atoms with Gasteiger partial charge in [-0.2, -0.15) is 4.98 Å². The minimum atomic E-state index is -1.14. The lowest BCUT2D eigenvalue weighted by atomic mass is 10.4. The van der Waals surface area contributed by atoms with Crippen LogP contribution in [0.1, 0.15) is 10.5 Å². The van der Waals surface area contributed by atoms with E-state index in [1.54, 1.807) is 11.4 Å². The molecule has 72 valence electrons. The van der Waals surface area contributed by atoms with Crippen LogP contribution in [0.25, 0.3) is 10.3 Å². The number of carboxylic acid groups (broad SMARTS) is 1. The first kappa shape index (κ1) is 8.89. The summed E-state index contributed by atoms with van der Waals surface area (Å²) >= 11 is 1.39. The van der Waals surface area contributed by atoms with Crippen molar-refractivity contribution < 1.29 is 14.6 Å². The Kier molecular flexibility index (Phi) is 2.05. The monoisotopic (exact) mass is 210 g/mol. The second kappa shape index (κ2) is 3.22. The number of carbonyl (C=O) groups is 1. The zero-order valence-corrected chi connectivity index (χ0v) is 8.04. The van der Waals surface area contributed by atoms with Crippen molar-refractivity contribution in [2.45, 2.75) is 0 Å². The molecule has 0 aliphatic rings. The molecule has 0 saturated heterocycles. The first-order valence-electron chi connectivity index (χ1n) is 3.75. The van der Waals surface area contributed by atoms with Crippen molar-refractivity contribution in [2.24, 2.45) is 0 Å². The standard InChI is InChI=1S/C8H6N2O3S/c1-13-6-5(8(11)12)9-4-2-3-14-7(4)10-6/h2-3H,1H3,(H,11,12). The average Bonchev–Trinajstić information content (AvgIpc) is 2.62. The van der Waals surface area contributed by atoms with E-state index < -0.39 is 5.97 Å². The minimum absolute atomic E-state index is 0.0486. The lowest BCUT2D eigenvalue weighted by Crippen LogP contribution is -2.05. The maximum absolute atomic E-state index is 10.8. The zero-order chi connectivity index (χ0) is 10.1. The highest BCUT2D eigenvalue weighted by Gasteiger charge is 2.16. The molecular formula is C8H6N2O3S. The number of ether oxygens (including phenoxy) is 1. The number of hydrogen-bond donors (Lipinski definition) is 1. The van der Waals surface area contributed by atoms with Gasteiger partial charge in [-0.05, 0) is 11.4 Å². The van der Waals surface area contributed by atoms with Gasteiger partial charge in [-0.25, -0.2) is 9.78 Å². The number of fused-ring (bicyclic) bond motifs is 1. The summed E-state index contributed by atoms with van der Waals surface area (Å²) in [6, 6.07) is 1.72. The highest BCUT2D eigenvalue weighted by molar-refractivity contribution is 7.16. The molecule has 0 spiro atoms. The van der Waals surface area contributed by atoms with Crippen molar-refractivity contribution in [3.63, 3.8) is 0 Å². The molecule has 0 saturated carbocycles. The van der Waals surface area contributed by atoms with Gasteiger partial charge in [-0.1, -0.05) is 0 Å². The van der Waals surface area contributed by atoms with E-state index in [9.17, 15) is 4.79 Å². The van der Waals surface area contributed by atoms with Crippen LogP contribution < -0.4 is 4.74 Å². The van der Waals surface area contributed by atoms with Crippen molar-refractivity contribution in [2.75, 3.05) is 7.11 Å². The van der Waals surface area contributed by atoms with Crippen LogP contribution in [0.15, 0.2) is 11.4 Å². The van der Waals surface area contributed by atoms with Crippen LogP contribution in [0, 0.1) is 0 Å². The summed E-state index contributed by atoms with van der Waals surface area (Å²) in [7, 11) is 1.37. The first-order valence-corrected chi connectivity index (χ1v) is 4.63. The van der Waals surface area contributed by atoms with Gasteiger partial charge in [0, 0.05) is 0 Å². The molecule has 0 aromatic carbocycles. The van der Waals surface area contributed by atoms with Crippen LogP contribution in [-0.4, -0.2) is 28.2 Å². The Bertz CT molecular complexity index is 494. The van der Waals surface area contributed by atoms with Crippen LogP contribution in [-0.2, 0) is 0 Å². The SMILES string of the molecule is COc1nc2sccc2nc1C(=O)O. The van der Waals surface area contributed by atoms with Crippen LogP contribution >= 0.6 is 11.3 Å². The van der Waals surface area contributed by atoms with E-state index >= 15 is 0 Å². The van der Waals surface area contributed by atoms with Crippen LogP contribution in [0.5, 0.6) is 5.88 Å². The molecule has 0 unspecified atom stereocenters. The molecule has 2 aromatic heterocycles. The Morgan fingerprint density at radius 2 is 2.36 bits per heavy atom. The third-order valence-electron chi connectivity index (χ3n) is 1.66. The molecule has 2 rings (SSSR count). The number of methoxy groups -OCH3 is 1. The summed E-state index contributed by atoms with van der Waals surface area (Å²) in [6.07, 6.45) is 0. The Morgan fingerprint density at radius 3 is 3.00 bits per heavy atom. The van der Waals surface area contributed by atoms with Gasteiger partial charge in [-0.3, -0.25) is 0 Å². The van der Waals surface area contributed by atoms with Crippen LogP contribution in [0.2, 0.25) is 0 Å². The largest absolute Gasteiger partial charge is 0.479 e. The van der Waals surface area contributed by atoms with Crippen molar-refractivity contribution in [3.8, 4) is 5.88 Å². The number of aromatic nitrogens is 2. The first-order chi connectivity index (χ1) is 6.72. The summed E-state index contributed by atoms with van der Waals surface area (Å²) < 4.78 is 4.84. The van der Waals surface area contributed by atoms with Crippen molar-refractivity contribution >= 4 is 27.7 Å². The van der Waals surface area contributed by atoms with E-state index in [2.05, 4.69) is 9.97 Å². The van der Waals surface area contributed by atoms with Crippen molar-refractivity contribution in [3.05, 3.63) is 17.1 Å². The third kappa shape index (κ3) is 1.29. The van der Waals surface area contributed by atoms with Gasteiger partial charge in [-0.15, -0.1) is 11.3 Å². The van der Waals surface area contributed by atoms with Gasteiger partial charge in [0.1, 0.15) is 10.3 Å². The number of aromatic carboxylic acids is 1. The Morgan fingerprint density at radius 1 is 1.57 bits per heavy atom. The van der Waals surface area contributed by atoms with E-state index in [0.29, 0.717) is 10.3 Å². The second-order valence-corrected chi connectivity index (χ2v) is 3.39. The molecule has 1 N–H and O–H groups in total. The predicted molar refractivity (Wildman–Crippen MR) is 50.9 cm³/mol. The van der Waals surface area contributed by atoms with E-state index in [4.69, 9.17) is 9.84 Å². The molecular weight excluding hydrogens is 204 g/mol. The topological polar surface area (TPSA) is 72.3 Å². The van der Waals surface area contributed by atoms with Gasteiger partial charge in [0.15, 0.2) is 0 Å². The smallest absolute Gasteiger partial charge is 0.360 e. The maximum Gasteiger partial charge on any atom is 0.360 e. The lowest BCUT2D eigenvalue weighted by molar-refractivity contribution is 0.0686. The molecule has 2 aromatic rings. The molecule has 6 heteroatoms. The third-order valence-corrected chi connectivity index (χ3v) is 2.45. The molecule has 0 amide bonds. The fraction of sp³-hybridized carbons (Fsp3) is 0.125. The fourth-order valence-electron chi connectivity index (χ4n) is 1.06. The summed E-state index contributed by atoms with van der Waals surface area (Å²) in [6.45, 7) is 0. The van der Waals surface area contributed by atoms with Gasteiger partial charge in [0.05, 0.1) is 7.11 Å². The van der Waals surface area contributed by atoms with Gasteiger partial charge in [0.2, 0.25) is 11.6 Å². The zero-order valence-electron chi connectivity index (χ0n) is 7.22. The Balaban J connectivity index is 2.72. The number of carboxylic acids is 1. The molecule has 0 aliphatic heterocycles. The van der Waals surface area contributed by atoms with Crippen LogP contribution in [0.3, 0.4) is 0 Å². The highest BCUT2D eigenvalue weighted by atomic mass is 32.1. The molecule has 5 nitrogen and oxygen atoms in total. The number of nitrogens with zero attached hydrogens (tertiary/aromatic N) is 2.